The zero-order chi connectivity index (χ0) is 17.1. The van der Waals surface area contributed by atoms with E-state index in [2.05, 4.69) is 15.3 Å². The summed E-state index contributed by atoms with van der Waals surface area (Å²) in [6.07, 6.45) is 3.37. The minimum Gasteiger partial charge on any atom is -0.480 e. The minimum atomic E-state index is -0.262. The van der Waals surface area contributed by atoms with E-state index >= 15 is 0 Å². The zero-order valence-corrected chi connectivity index (χ0v) is 13.8. The number of hydrogen-bond donors (Lipinski definition) is 1. The summed E-state index contributed by atoms with van der Waals surface area (Å²) in [7, 11) is 1.49. The van der Waals surface area contributed by atoms with Gasteiger partial charge in [-0.15, -0.1) is 0 Å². The molecule has 2 heterocycles. The third-order valence-electron chi connectivity index (χ3n) is 3.86. The van der Waals surface area contributed by atoms with Crippen LogP contribution in [-0.4, -0.2) is 27.6 Å². The molecule has 0 saturated heterocycles. The summed E-state index contributed by atoms with van der Waals surface area (Å²) < 4.78 is 7.12. The Labute approximate surface area is 140 Å². The van der Waals surface area contributed by atoms with Crippen LogP contribution in [0.4, 0.5) is 5.69 Å². The summed E-state index contributed by atoms with van der Waals surface area (Å²) in [6.45, 7) is 3.99. The lowest BCUT2D eigenvalue weighted by Crippen LogP contribution is -2.13. The van der Waals surface area contributed by atoms with Crippen LogP contribution in [-0.2, 0) is 0 Å². The number of carbonyl (C=O) groups excluding carboxylic acids is 1. The molecule has 0 fully saturated rings. The number of aromatic nitrogens is 3. The molecule has 0 aliphatic carbocycles. The Morgan fingerprint density at radius 3 is 2.50 bits per heavy atom. The molecule has 0 atom stereocenters. The highest BCUT2D eigenvalue weighted by Gasteiger charge is 2.13. The number of nitrogens with one attached hydrogen (secondary N) is 1. The van der Waals surface area contributed by atoms with Crippen molar-refractivity contribution in [3.63, 3.8) is 0 Å². The van der Waals surface area contributed by atoms with Crippen molar-refractivity contribution in [2.24, 2.45) is 0 Å². The van der Waals surface area contributed by atoms with Crippen LogP contribution >= 0.6 is 0 Å². The highest BCUT2D eigenvalue weighted by Crippen LogP contribution is 2.19. The maximum absolute atomic E-state index is 12.4. The zero-order valence-electron chi connectivity index (χ0n) is 13.8. The Hall–Kier alpha value is -3.15. The first-order valence-corrected chi connectivity index (χ1v) is 7.51. The van der Waals surface area contributed by atoms with Crippen molar-refractivity contribution in [2.75, 3.05) is 12.4 Å². The van der Waals surface area contributed by atoms with Gasteiger partial charge in [-0.3, -0.25) is 4.79 Å². The number of carbonyl (C=O) groups is 1. The molecule has 0 radical (unpaired) electrons. The molecule has 0 aliphatic heterocycles. The van der Waals surface area contributed by atoms with Crippen LogP contribution in [0.25, 0.3) is 5.69 Å². The average Bonchev–Trinajstić information content (AvgIpc) is 2.95. The van der Waals surface area contributed by atoms with Crippen molar-refractivity contribution in [3.05, 3.63) is 65.9 Å². The van der Waals surface area contributed by atoms with Crippen LogP contribution < -0.4 is 10.1 Å². The van der Waals surface area contributed by atoms with Crippen LogP contribution in [0.2, 0.25) is 0 Å². The van der Waals surface area contributed by atoms with Gasteiger partial charge >= 0.3 is 0 Å². The molecule has 24 heavy (non-hydrogen) atoms. The molecule has 3 aromatic rings. The van der Waals surface area contributed by atoms with Gasteiger partial charge in [0.2, 0.25) is 5.88 Å². The molecule has 2 aromatic heterocycles. The van der Waals surface area contributed by atoms with E-state index in [4.69, 9.17) is 4.74 Å². The number of anilines is 1. The van der Waals surface area contributed by atoms with Crippen molar-refractivity contribution in [2.45, 2.75) is 13.8 Å². The molecular weight excluding hydrogens is 304 g/mol. The Balaban J connectivity index is 1.79. The number of rotatable bonds is 4. The maximum atomic E-state index is 12.4. The average molecular weight is 322 g/mol. The highest BCUT2D eigenvalue weighted by atomic mass is 16.5. The van der Waals surface area contributed by atoms with Gasteiger partial charge in [0.15, 0.2) is 0 Å². The quantitative estimate of drug-likeness (QED) is 0.801. The topological polar surface area (TPSA) is 69.0 Å². The van der Waals surface area contributed by atoms with Gasteiger partial charge in [0, 0.05) is 23.3 Å². The molecule has 1 aromatic carbocycles. The fourth-order valence-corrected chi connectivity index (χ4v) is 2.39. The molecule has 0 saturated carbocycles. The van der Waals surface area contributed by atoms with E-state index in [0.29, 0.717) is 17.1 Å². The van der Waals surface area contributed by atoms with E-state index in [1.54, 1.807) is 24.7 Å². The number of benzene rings is 1. The number of ether oxygens (including phenoxy) is 1. The Morgan fingerprint density at radius 1 is 1.12 bits per heavy atom. The summed E-state index contributed by atoms with van der Waals surface area (Å²) in [5.74, 6) is 0.0403. The van der Waals surface area contributed by atoms with Crippen LogP contribution in [0.15, 0.2) is 48.9 Å². The van der Waals surface area contributed by atoms with Crippen LogP contribution in [0.1, 0.15) is 21.7 Å². The number of hydrogen-bond acceptors (Lipinski definition) is 4. The summed E-state index contributed by atoms with van der Waals surface area (Å²) in [6, 6.07) is 10.9. The predicted molar refractivity (Wildman–Crippen MR) is 91.8 cm³/mol. The lowest BCUT2D eigenvalue weighted by Gasteiger charge is -2.10. The van der Waals surface area contributed by atoms with Gasteiger partial charge < -0.3 is 14.6 Å². The first-order valence-electron chi connectivity index (χ1n) is 7.51. The smallest absolute Gasteiger partial charge is 0.261 e. The maximum Gasteiger partial charge on any atom is 0.261 e. The van der Waals surface area contributed by atoms with E-state index < -0.39 is 0 Å². The molecule has 0 aliphatic rings. The first-order chi connectivity index (χ1) is 11.6. The van der Waals surface area contributed by atoms with Crippen LogP contribution in [0.3, 0.4) is 0 Å². The highest BCUT2D eigenvalue weighted by molar-refractivity contribution is 6.05. The van der Waals surface area contributed by atoms with Crippen LogP contribution in [0.5, 0.6) is 5.88 Å². The number of nitrogens with zero attached hydrogens (tertiary/aromatic N) is 3. The second kappa shape index (κ2) is 6.54. The summed E-state index contributed by atoms with van der Waals surface area (Å²) in [4.78, 5) is 20.7. The van der Waals surface area contributed by atoms with Gasteiger partial charge in [-0.25, -0.2) is 9.97 Å². The SMILES string of the molecule is COc1ncccc1C(=O)Nc1ccc(-n2cnc(C)c2C)cc1. The molecule has 0 unspecified atom stereocenters. The Kier molecular flexibility index (Phi) is 4.29. The van der Waals surface area contributed by atoms with E-state index in [1.807, 2.05) is 42.7 Å². The van der Waals surface area contributed by atoms with Gasteiger partial charge in [-0.1, -0.05) is 0 Å². The van der Waals surface area contributed by atoms with Crippen molar-refractivity contribution >= 4 is 11.6 Å². The third kappa shape index (κ3) is 2.99. The molecular formula is C18H18N4O2. The third-order valence-corrected chi connectivity index (χ3v) is 3.86. The van der Waals surface area contributed by atoms with E-state index in [9.17, 15) is 4.79 Å². The lowest BCUT2D eigenvalue weighted by atomic mass is 10.2. The first kappa shape index (κ1) is 15.7. The van der Waals surface area contributed by atoms with Gasteiger partial charge in [0.1, 0.15) is 5.56 Å². The van der Waals surface area contributed by atoms with Crippen molar-refractivity contribution in [1.29, 1.82) is 0 Å². The second-order valence-corrected chi connectivity index (χ2v) is 5.35. The monoisotopic (exact) mass is 322 g/mol. The van der Waals surface area contributed by atoms with E-state index in [0.717, 1.165) is 17.1 Å². The molecule has 122 valence electrons. The standard InChI is InChI=1S/C18H18N4O2/c1-12-13(2)22(11-20-12)15-8-6-14(7-9-15)21-17(23)16-5-4-10-19-18(16)24-3/h4-11H,1-3H3,(H,21,23). The van der Waals surface area contributed by atoms with Gasteiger partial charge in [-0.05, 0) is 50.2 Å². The van der Waals surface area contributed by atoms with Gasteiger partial charge in [0.05, 0.1) is 19.1 Å². The summed E-state index contributed by atoms with van der Waals surface area (Å²) in [5, 5.41) is 2.85. The lowest BCUT2D eigenvalue weighted by molar-refractivity contribution is 0.102. The summed E-state index contributed by atoms with van der Waals surface area (Å²) >= 11 is 0. The molecule has 0 bridgehead atoms. The van der Waals surface area contributed by atoms with Crippen molar-refractivity contribution in [1.82, 2.24) is 14.5 Å². The van der Waals surface area contributed by atoms with Crippen LogP contribution in [0, 0.1) is 13.8 Å². The van der Waals surface area contributed by atoms with Crippen molar-refractivity contribution < 1.29 is 9.53 Å². The molecule has 6 heteroatoms. The second-order valence-electron chi connectivity index (χ2n) is 5.35. The fraction of sp³-hybridized carbons (Fsp3) is 0.167. The number of imidazole rings is 1. The molecule has 1 amide bonds. The minimum absolute atomic E-state index is 0.262. The molecule has 1 N–H and O–H groups in total. The number of aryl methyl sites for hydroxylation is 1. The van der Waals surface area contributed by atoms with E-state index in [1.165, 1.54) is 7.11 Å². The molecule has 0 spiro atoms. The Morgan fingerprint density at radius 2 is 1.88 bits per heavy atom. The number of amides is 1. The summed E-state index contributed by atoms with van der Waals surface area (Å²) in [5.41, 5.74) is 4.17. The van der Waals surface area contributed by atoms with Gasteiger partial charge in [0.25, 0.3) is 5.91 Å². The molecule has 3 rings (SSSR count). The number of pyridine rings is 1. The fourth-order valence-electron chi connectivity index (χ4n) is 2.39. The predicted octanol–water partition coefficient (Wildman–Crippen LogP) is 3.15. The number of methoxy groups -OCH3 is 1. The molecule has 6 nitrogen and oxygen atoms in total. The largest absolute Gasteiger partial charge is 0.480 e. The van der Waals surface area contributed by atoms with Crippen molar-refractivity contribution in [3.8, 4) is 11.6 Å². The normalized spacial score (nSPS) is 10.5. The van der Waals surface area contributed by atoms with Gasteiger partial charge in [-0.2, -0.15) is 0 Å². The Bertz CT molecular complexity index is 869. The van der Waals surface area contributed by atoms with E-state index in [-0.39, 0.29) is 5.91 Å².